The average molecular weight is 515 g/mol. The van der Waals surface area contributed by atoms with Crippen LogP contribution in [0, 0.1) is 12.3 Å². The standard InChI is InChI=1S/C32H42N4O2/c1-23-33-28-12-8-9-13-29(28)36(23)27-20-25-14-15-26(21-27)35(25)19-17-32(24-10-6-5-7-11-24)16-18-34(22-38-32)30(37)31(2,3)4/h5-13,25-27H,14-22H2,1-4H3/t25-,26+,27+,32?. The summed E-state index contributed by atoms with van der Waals surface area (Å²) in [6, 6.07) is 21.0. The van der Waals surface area contributed by atoms with Crippen LogP contribution in [0.25, 0.3) is 11.0 Å². The Morgan fingerprint density at radius 2 is 1.68 bits per heavy atom. The van der Waals surface area contributed by atoms with Crippen molar-refractivity contribution in [2.45, 2.75) is 89.9 Å². The van der Waals surface area contributed by atoms with Crippen molar-refractivity contribution in [3.05, 3.63) is 66.0 Å². The predicted octanol–water partition coefficient (Wildman–Crippen LogP) is 6.05. The summed E-state index contributed by atoms with van der Waals surface area (Å²) in [5.41, 5.74) is 2.89. The molecule has 2 aromatic carbocycles. The molecule has 2 bridgehead atoms. The molecule has 3 fully saturated rings. The van der Waals surface area contributed by atoms with Gasteiger partial charge in [0.1, 0.15) is 12.6 Å². The van der Waals surface area contributed by atoms with Gasteiger partial charge in [-0.05, 0) is 63.1 Å². The molecule has 1 unspecified atom stereocenters. The Labute approximate surface area is 227 Å². The van der Waals surface area contributed by atoms with Gasteiger partial charge in [0, 0.05) is 36.6 Å². The molecule has 6 rings (SSSR count). The SMILES string of the molecule is Cc1nc2ccccc2n1[C@H]1C[C@H]2CC[C@@H](C1)N2CCC1(c2ccccc2)CCN(C(=O)C(C)(C)C)CO1. The van der Waals surface area contributed by atoms with Gasteiger partial charge in [-0.25, -0.2) is 4.98 Å². The summed E-state index contributed by atoms with van der Waals surface area (Å²) < 4.78 is 9.18. The van der Waals surface area contributed by atoms with E-state index in [1.54, 1.807) is 0 Å². The van der Waals surface area contributed by atoms with Crippen LogP contribution in [-0.2, 0) is 15.1 Å². The maximum atomic E-state index is 12.9. The van der Waals surface area contributed by atoms with Crippen molar-refractivity contribution in [2.24, 2.45) is 5.41 Å². The number of imidazole rings is 1. The van der Waals surface area contributed by atoms with Crippen LogP contribution in [0.3, 0.4) is 0 Å². The van der Waals surface area contributed by atoms with E-state index in [4.69, 9.17) is 9.72 Å². The normalized spacial score (nSPS) is 28.2. The third kappa shape index (κ3) is 4.56. The molecule has 1 aromatic heterocycles. The highest BCUT2D eigenvalue weighted by atomic mass is 16.5. The van der Waals surface area contributed by atoms with E-state index in [9.17, 15) is 4.79 Å². The van der Waals surface area contributed by atoms with Gasteiger partial charge in [-0.3, -0.25) is 9.69 Å². The van der Waals surface area contributed by atoms with Gasteiger partial charge in [0.05, 0.1) is 16.6 Å². The molecule has 0 aliphatic carbocycles. The number of piperidine rings is 1. The molecule has 1 amide bonds. The summed E-state index contributed by atoms with van der Waals surface area (Å²) in [6.45, 7) is 10.3. The summed E-state index contributed by atoms with van der Waals surface area (Å²) in [6.07, 6.45) is 6.72. The largest absolute Gasteiger partial charge is 0.350 e. The number of aryl methyl sites for hydroxylation is 1. The zero-order chi connectivity index (χ0) is 26.5. The van der Waals surface area contributed by atoms with Crippen LogP contribution >= 0.6 is 0 Å². The molecule has 0 saturated carbocycles. The van der Waals surface area contributed by atoms with E-state index >= 15 is 0 Å². The van der Waals surface area contributed by atoms with Gasteiger partial charge in [0.25, 0.3) is 0 Å². The first-order valence-corrected chi connectivity index (χ1v) is 14.4. The summed E-state index contributed by atoms with van der Waals surface area (Å²) >= 11 is 0. The highest BCUT2D eigenvalue weighted by molar-refractivity contribution is 5.81. The molecule has 3 aliphatic rings. The molecule has 0 spiro atoms. The molecule has 6 nitrogen and oxygen atoms in total. The van der Waals surface area contributed by atoms with Crippen molar-refractivity contribution in [2.75, 3.05) is 19.8 Å². The van der Waals surface area contributed by atoms with Crippen LogP contribution in [0.15, 0.2) is 54.6 Å². The summed E-state index contributed by atoms with van der Waals surface area (Å²) in [5, 5.41) is 0. The summed E-state index contributed by atoms with van der Waals surface area (Å²) in [5.74, 6) is 1.30. The third-order valence-electron chi connectivity index (χ3n) is 9.28. The van der Waals surface area contributed by atoms with E-state index < -0.39 is 5.41 Å². The number of rotatable bonds is 5. The summed E-state index contributed by atoms with van der Waals surface area (Å²) in [4.78, 5) is 22.5. The number of carbonyl (C=O) groups is 1. The van der Waals surface area contributed by atoms with Crippen molar-refractivity contribution >= 4 is 16.9 Å². The van der Waals surface area contributed by atoms with Crippen LogP contribution in [-0.4, -0.2) is 57.2 Å². The first-order chi connectivity index (χ1) is 18.2. The molecule has 6 heteroatoms. The summed E-state index contributed by atoms with van der Waals surface area (Å²) in [7, 11) is 0. The second kappa shape index (κ2) is 9.80. The van der Waals surface area contributed by atoms with Crippen molar-refractivity contribution in [3.63, 3.8) is 0 Å². The number of nitrogens with zero attached hydrogens (tertiary/aromatic N) is 4. The Bertz CT molecular complexity index is 1270. The third-order valence-corrected chi connectivity index (χ3v) is 9.28. The lowest BCUT2D eigenvalue weighted by molar-refractivity contribution is -0.176. The molecule has 202 valence electrons. The first kappa shape index (κ1) is 25.6. The van der Waals surface area contributed by atoms with Crippen LogP contribution in [0.2, 0.25) is 0 Å². The molecular weight excluding hydrogens is 472 g/mol. The number of hydrogen-bond acceptors (Lipinski definition) is 4. The smallest absolute Gasteiger partial charge is 0.229 e. The molecule has 38 heavy (non-hydrogen) atoms. The van der Waals surface area contributed by atoms with Gasteiger partial charge in [0.2, 0.25) is 5.91 Å². The molecule has 3 aromatic rings. The van der Waals surface area contributed by atoms with Crippen molar-refractivity contribution < 1.29 is 9.53 Å². The highest BCUT2D eigenvalue weighted by Crippen LogP contribution is 2.44. The number of para-hydroxylation sites is 2. The molecule has 0 radical (unpaired) electrons. The van der Waals surface area contributed by atoms with Crippen LogP contribution < -0.4 is 0 Å². The van der Waals surface area contributed by atoms with Crippen LogP contribution in [0.5, 0.6) is 0 Å². The monoisotopic (exact) mass is 514 g/mol. The Morgan fingerprint density at radius 3 is 2.34 bits per heavy atom. The van der Waals surface area contributed by atoms with E-state index in [0.29, 0.717) is 24.9 Å². The fourth-order valence-electron chi connectivity index (χ4n) is 7.36. The van der Waals surface area contributed by atoms with Crippen molar-refractivity contribution in [1.29, 1.82) is 0 Å². The Morgan fingerprint density at radius 1 is 1.00 bits per heavy atom. The fourth-order valence-corrected chi connectivity index (χ4v) is 7.36. The lowest BCUT2D eigenvalue weighted by atomic mass is 9.84. The van der Waals surface area contributed by atoms with Crippen LogP contribution in [0.4, 0.5) is 0 Å². The number of hydrogen-bond donors (Lipinski definition) is 0. The molecule has 4 atom stereocenters. The average Bonchev–Trinajstić information content (AvgIpc) is 3.38. The zero-order valence-electron chi connectivity index (χ0n) is 23.4. The van der Waals surface area contributed by atoms with Gasteiger partial charge in [-0.1, -0.05) is 63.2 Å². The Balaban J connectivity index is 1.17. The van der Waals surface area contributed by atoms with Crippen molar-refractivity contribution in [1.82, 2.24) is 19.4 Å². The number of carbonyl (C=O) groups excluding carboxylic acids is 1. The van der Waals surface area contributed by atoms with E-state index in [0.717, 1.165) is 37.3 Å². The first-order valence-electron chi connectivity index (χ1n) is 14.4. The number of amides is 1. The molecule has 0 N–H and O–H groups in total. The van der Waals surface area contributed by atoms with Gasteiger partial charge in [-0.15, -0.1) is 0 Å². The Hall–Kier alpha value is -2.70. The maximum absolute atomic E-state index is 12.9. The van der Waals surface area contributed by atoms with E-state index in [2.05, 4.69) is 71.0 Å². The number of aromatic nitrogens is 2. The molecule has 4 heterocycles. The second-order valence-electron chi connectivity index (χ2n) is 12.7. The minimum Gasteiger partial charge on any atom is -0.350 e. The number of ether oxygens (including phenoxy) is 1. The van der Waals surface area contributed by atoms with Crippen LogP contribution in [0.1, 0.15) is 76.7 Å². The second-order valence-corrected chi connectivity index (χ2v) is 12.7. The molecular formula is C32H42N4O2. The lowest BCUT2D eigenvalue weighted by Crippen LogP contribution is -2.52. The Kier molecular flexibility index (Phi) is 6.59. The fraction of sp³-hybridized carbons (Fsp3) is 0.562. The van der Waals surface area contributed by atoms with Crippen molar-refractivity contribution in [3.8, 4) is 0 Å². The van der Waals surface area contributed by atoms with E-state index in [1.165, 1.54) is 36.8 Å². The zero-order valence-corrected chi connectivity index (χ0v) is 23.4. The lowest BCUT2D eigenvalue weighted by Gasteiger charge is -2.46. The van der Waals surface area contributed by atoms with Gasteiger partial charge < -0.3 is 14.2 Å². The topological polar surface area (TPSA) is 50.6 Å². The van der Waals surface area contributed by atoms with Gasteiger partial charge >= 0.3 is 0 Å². The maximum Gasteiger partial charge on any atom is 0.229 e. The highest BCUT2D eigenvalue weighted by Gasteiger charge is 2.45. The van der Waals surface area contributed by atoms with E-state index in [-0.39, 0.29) is 11.5 Å². The van der Waals surface area contributed by atoms with E-state index in [1.807, 2.05) is 25.7 Å². The minimum absolute atomic E-state index is 0.168. The molecule has 3 aliphatic heterocycles. The van der Waals surface area contributed by atoms with Gasteiger partial charge in [-0.2, -0.15) is 0 Å². The predicted molar refractivity (Wildman–Crippen MR) is 151 cm³/mol. The molecule has 3 saturated heterocycles. The van der Waals surface area contributed by atoms with Gasteiger partial charge in [0.15, 0.2) is 0 Å². The number of fused-ring (bicyclic) bond motifs is 3. The minimum atomic E-state index is -0.390. The quantitative estimate of drug-likeness (QED) is 0.416. The number of benzene rings is 2.